The van der Waals surface area contributed by atoms with Crippen LogP contribution in [-0.4, -0.2) is 55.2 Å². The number of hydrogen-bond donors (Lipinski definition) is 0. The van der Waals surface area contributed by atoms with Gasteiger partial charge in [-0.2, -0.15) is 0 Å². The van der Waals surface area contributed by atoms with Gasteiger partial charge in [0.15, 0.2) is 0 Å². The number of nitrogens with zero attached hydrogens (tertiary/aromatic N) is 3. The number of aromatic nitrogens is 1. The first kappa shape index (κ1) is 26.9. The Balaban J connectivity index is 1.56. The van der Waals surface area contributed by atoms with E-state index in [1.54, 1.807) is 42.2 Å². The summed E-state index contributed by atoms with van der Waals surface area (Å²) in [4.78, 5) is 31.6. The monoisotopic (exact) mass is 539 g/mol. The third-order valence-corrected chi connectivity index (χ3v) is 7.25. The summed E-state index contributed by atoms with van der Waals surface area (Å²) in [6, 6.07) is 24.0. The van der Waals surface area contributed by atoms with Crippen LogP contribution < -0.4 is 19.1 Å². The Morgan fingerprint density at radius 2 is 1.50 bits per heavy atom. The maximum Gasteiger partial charge on any atom is 0.258 e. The molecular formula is C32H33N3O5. The van der Waals surface area contributed by atoms with E-state index in [1.165, 1.54) is 7.11 Å². The highest BCUT2D eigenvalue weighted by Crippen LogP contribution is 2.42. The molecule has 2 heterocycles. The lowest BCUT2D eigenvalue weighted by molar-refractivity contribution is -0.120. The van der Waals surface area contributed by atoms with Gasteiger partial charge >= 0.3 is 0 Å². The number of carbonyl (C=O) groups is 2. The number of para-hydroxylation sites is 2. The molecule has 0 aliphatic carbocycles. The molecule has 1 aliphatic rings. The van der Waals surface area contributed by atoms with Crippen molar-refractivity contribution in [1.29, 1.82) is 0 Å². The van der Waals surface area contributed by atoms with Gasteiger partial charge in [0.2, 0.25) is 5.91 Å². The van der Waals surface area contributed by atoms with Gasteiger partial charge in [-0.25, -0.2) is 0 Å². The lowest BCUT2D eigenvalue weighted by Gasteiger charge is -2.40. The lowest BCUT2D eigenvalue weighted by atomic mass is 9.97. The molecule has 4 aromatic rings. The zero-order valence-electron chi connectivity index (χ0n) is 23.3. The molecule has 0 saturated carbocycles. The highest BCUT2D eigenvalue weighted by atomic mass is 16.5. The quantitative estimate of drug-likeness (QED) is 0.296. The van der Waals surface area contributed by atoms with E-state index < -0.39 is 6.04 Å². The summed E-state index contributed by atoms with van der Waals surface area (Å²) in [5, 5.41) is 0. The van der Waals surface area contributed by atoms with Crippen molar-refractivity contribution in [2.24, 2.45) is 0 Å². The molecule has 8 heteroatoms. The van der Waals surface area contributed by atoms with Crippen molar-refractivity contribution >= 4 is 17.5 Å². The maximum atomic E-state index is 14.4. The molecule has 1 unspecified atom stereocenters. The van der Waals surface area contributed by atoms with E-state index in [4.69, 9.17) is 14.2 Å². The Labute approximate surface area is 234 Å². The Hall–Kier alpha value is -4.72. The van der Waals surface area contributed by atoms with Crippen molar-refractivity contribution in [2.75, 3.05) is 32.8 Å². The first-order chi connectivity index (χ1) is 19.4. The largest absolute Gasteiger partial charge is 0.497 e. The number of methoxy groups -OCH3 is 3. The molecule has 0 fully saturated rings. The van der Waals surface area contributed by atoms with E-state index in [0.717, 1.165) is 28.4 Å². The molecule has 1 aromatic heterocycles. The molecule has 0 bridgehead atoms. The molecule has 3 aromatic carbocycles. The van der Waals surface area contributed by atoms with Crippen LogP contribution in [0.1, 0.15) is 41.5 Å². The van der Waals surface area contributed by atoms with Crippen LogP contribution in [0.4, 0.5) is 5.69 Å². The average Bonchev–Trinajstić information content (AvgIpc) is 3.48. The molecular weight excluding hydrogens is 506 g/mol. The second kappa shape index (κ2) is 11.2. The molecule has 0 radical (unpaired) electrons. The minimum atomic E-state index is -0.400. The Bertz CT molecular complexity index is 1530. The van der Waals surface area contributed by atoms with Gasteiger partial charge in [0.25, 0.3) is 5.91 Å². The summed E-state index contributed by atoms with van der Waals surface area (Å²) in [6.07, 6.45) is 2.01. The van der Waals surface area contributed by atoms with E-state index in [0.29, 0.717) is 17.1 Å². The Morgan fingerprint density at radius 1 is 0.825 bits per heavy atom. The predicted octanol–water partition coefficient (Wildman–Crippen LogP) is 5.49. The number of amides is 2. The second-order valence-corrected chi connectivity index (χ2v) is 9.82. The standard InChI is InChI=1S/C32H33N3O5/c1-21(2)34(32(37)25-17-16-24(39-4)19-29(25)40-5)20-30(36)35-27-10-7-6-9-26(27)33-18-8-11-28(33)31(35)22-12-14-23(38-3)15-13-22/h6-19,21,31H,20H2,1-5H3. The minimum absolute atomic E-state index is 0.118. The molecule has 1 atom stereocenters. The molecule has 40 heavy (non-hydrogen) atoms. The molecule has 0 N–H and O–H groups in total. The first-order valence-corrected chi connectivity index (χ1v) is 13.1. The highest BCUT2D eigenvalue weighted by molar-refractivity contribution is 6.03. The summed E-state index contributed by atoms with van der Waals surface area (Å²) < 4.78 is 18.3. The minimum Gasteiger partial charge on any atom is -0.497 e. The number of hydrogen-bond acceptors (Lipinski definition) is 5. The van der Waals surface area contributed by atoms with Crippen molar-refractivity contribution in [1.82, 2.24) is 9.47 Å². The van der Waals surface area contributed by atoms with Crippen LogP contribution >= 0.6 is 0 Å². The molecule has 0 spiro atoms. The molecule has 206 valence electrons. The van der Waals surface area contributed by atoms with Gasteiger partial charge in [-0.3, -0.25) is 14.5 Å². The van der Waals surface area contributed by atoms with E-state index in [-0.39, 0.29) is 24.4 Å². The Morgan fingerprint density at radius 3 is 2.15 bits per heavy atom. The number of carbonyl (C=O) groups excluding carboxylic acids is 2. The van der Waals surface area contributed by atoms with E-state index in [2.05, 4.69) is 4.57 Å². The van der Waals surface area contributed by atoms with Crippen molar-refractivity contribution in [2.45, 2.75) is 25.9 Å². The van der Waals surface area contributed by atoms with Gasteiger partial charge < -0.3 is 23.7 Å². The van der Waals surface area contributed by atoms with Gasteiger partial charge in [-0.1, -0.05) is 24.3 Å². The highest BCUT2D eigenvalue weighted by Gasteiger charge is 2.37. The van der Waals surface area contributed by atoms with Gasteiger partial charge in [-0.05, 0) is 67.9 Å². The van der Waals surface area contributed by atoms with Crippen LogP contribution in [0.25, 0.3) is 5.69 Å². The van der Waals surface area contributed by atoms with E-state index in [1.807, 2.05) is 80.7 Å². The summed E-state index contributed by atoms with van der Waals surface area (Å²) in [5.41, 5.74) is 3.93. The normalized spacial score (nSPS) is 13.8. The third-order valence-electron chi connectivity index (χ3n) is 7.25. The molecule has 8 nitrogen and oxygen atoms in total. The first-order valence-electron chi connectivity index (χ1n) is 13.1. The fourth-order valence-electron chi connectivity index (χ4n) is 5.20. The fourth-order valence-corrected chi connectivity index (χ4v) is 5.20. The zero-order valence-corrected chi connectivity index (χ0v) is 23.3. The summed E-state index contributed by atoms with van der Waals surface area (Å²) >= 11 is 0. The van der Waals surface area contributed by atoms with Crippen LogP contribution in [0.2, 0.25) is 0 Å². The molecule has 5 rings (SSSR count). The number of benzene rings is 3. The lowest BCUT2D eigenvalue weighted by Crippen LogP contribution is -2.48. The SMILES string of the molecule is COc1ccc(C2c3cccn3-c3ccccc3N2C(=O)CN(C(=O)c2ccc(OC)cc2OC)C(C)C)cc1. The van der Waals surface area contributed by atoms with Gasteiger partial charge in [0.1, 0.15) is 29.8 Å². The summed E-state index contributed by atoms with van der Waals surface area (Å²) in [5.74, 6) is 1.21. The third kappa shape index (κ3) is 4.77. The Kier molecular flexibility index (Phi) is 7.51. The van der Waals surface area contributed by atoms with Crippen molar-refractivity contribution in [3.05, 3.63) is 102 Å². The van der Waals surface area contributed by atoms with Crippen LogP contribution in [0, 0.1) is 0 Å². The second-order valence-electron chi connectivity index (χ2n) is 9.82. The number of rotatable bonds is 8. The summed E-state index contributed by atoms with van der Waals surface area (Å²) in [6.45, 7) is 3.68. The van der Waals surface area contributed by atoms with Crippen LogP contribution in [0.3, 0.4) is 0 Å². The van der Waals surface area contributed by atoms with E-state index >= 15 is 0 Å². The van der Waals surface area contributed by atoms with Crippen LogP contribution in [0.15, 0.2) is 85.1 Å². The zero-order chi connectivity index (χ0) is 28.4. The number of anilines is 1. The number of ether oxygens (including phenoxy) is 3. The molecule has 0 saturated heterocycles. The van der Waals surface area contributed by atoms with Crippen LogP contribution in [0.5, 0.6) is 17.2 Å². The smallest absolute Gasteiger partial charge is 0.258 e. The van der Waals surface area contributed by atoms with Gasteiger partial charge in [0, 0.05) is 18.3 Å². The van der Waals surface area contributed by atoms with E-state index in [9.17, 15) is 9.59 Å². The maximum absolute atomic E-state index is 14.4. The van der Waals surface area contributed by atoms with Gasteiger partial charge in [-0.15, -0.1) is 0 Å². The van der Waals surface area contributed by atoms with Crippen molar-refractivity contribution in [3.8, 4) is 22.9 Å². The fraction of sp³-hybridized carbons (Fsp3) is 0.250. The number of fused-ring (bicyclic) bond motifs is 3. The van der Waals surface area contributed by atoms with Crippen LogP contribution in [-0.2, 0) is 4.79 Å². The topological polar surface area (TPSA) is 73.2 Å². The van der Waals surface area contributed by atoms with Crippen molar-refractivity contribution < 1.29 is 23.8 Å². The summed E-state index contributed by atoms with van der Waals surface area (Å²) in [7, 11) is 4.69. The molecule has 1 aliphatic heterocycles. The molecule has 2 amide bonds. The average molecular weight is 540 g/mol. The van der Waals surface area contributed by atoms with Crippen molar-refractivity contribution in [3.63, 3.8) is 0 Å². The van der Waals surface area contributed by atoms with Gasteiger partial charge in [0.05, 0.1) is 44.0 Å². The predicted molar refractivity (Wildman–Crippen MR) is 154 cm³/mol.